The minimum Gasteiger partial charge on any atom is -0.321 e. The van der Waals surface area contributed by atoms with Crippen LogP contribution < -0.4 is 10.6 Å². The van der Waals surface area contributed by atoms with E-state index >= 15 is 0 Å². The molecule has 2 fully saturated rings. The molecule has 2 saturated carbocycles. The zero-order valence-electron chi connectivity index (χ0n) is 13.0. The first-order valence-corrected chi connectivity index (χ1v) is 8.17. The van der Waals surface area contributed by atoms with Crippen LogP contribution in [0.4, 0.5) is 5.82 Å². The third kappa shape index (κ3) is 3.08. The van der Waals surface area contributed by atoms with Gasteiger partial charge < -0.3 is 10.6 Å². The van der Waals surface area contributed by atoms with Crippen LogP contribution >= 0.6 is 0 Å². The second kappa shape index (κ2) is 6.39. The van der Waals surface area contributed by atoms with Crippen LogP contribution in [0, 0.1) is 17.4 Å². The molecule has 118 valence electrons. The van der Waals surface area contributed by atoms with Gasteiger partial charge in [0.1, 0.15) is 0 Å². The molecule has 1 aromatic rings. The van der Waals surface area contributed by atoms with E-state index in [1.807, 2.05) is 24.0 Å². The maximum Gasteiger partial charge on any atom is 0.228 e. The lowest BCUT2D eigenvalue weighted by atomic mass is 9.80. The average Bonchev–Trinajstić information content (AvgIpc) is 2.83. The SMILES string of the molecule is Cn1nc(NC(=O)[C@H]2C[C@H](NC#N)C2)cc1C1CCCCC1. The number of amides is 1. The average molecular weight is 301 g/mol. The number of nitriles is 1. The van der Waals surface area contributed by atoms with Gasteiger partial charge >= 0.3 is 0 Å². The van der Waals surface area contributed by atoms with Crippen molar-refractivity contribution < 1.29 is 4.79 Å². The Labute approximate surface area is 130 Å². The number of rotatable bonds is 4. The van der Waals surface area contributed by atoms with E-state index in [4.69, 9.17) is 5.26 Å². The standard InChI is InChI=1S/C16H23N5O/c1-21-14(11-5-3-2-4-6-11)9-15(20-21)19-16(22)12-7-13(8-12)18-10-17/h9,11-13,18H,2-8H2,1H3,(H,19,20,22)/t12-,13-. The molecule has 0 spiro atoms. The minimum atomic E-state index is -0.00835. The lowest BCUT2D eigenvalue weighted by Gasteiger charge is -2.32. The number of hydrogen-bond donors (Lipinski definition) is 2. The van der Waals surface area contributed by atoms with Crippen LogP contribution in [0.5, 0.6) is 0 Å². The summed E-state index contributed by atoms with van der Waals surface area (Å²) < 4.78 is 1.91. The Morgan fingerprint density at radius 1 is 1.36 bits per heavy atom. The molecule has 0 unspecified atom stereocenters. The van der Waals surface area contributed by atoms with Crippen molar-refractivity contribution in [1.82, 2.24) is 15.1 Å². The fourth-order valence-corrected chi connectivity index (χ4v) is 3.59. The Morgan fingerprint density at radius 3 is 2.77 bits per heavy atom. The maximum absolute atomic E-state index is 12.2. The third-order valence-corrected chi connectivity index (χ3v) is 4.97. The highest BCUT2D eigenvalue weighted by atomic mass is 16.2. The second-order valence-electron chi connectivity index (χ2n) is 6.52. The molecule has 1 heterocycles. The third-order valence-electron chi connectivity index (χ3n) is 4.97. The van der Waals surface area contributed by atoms with Crippen LogP contribution in [-0.2, 0) is 11.8 Å². The van der Waals surface area contributed by atoms with Gasteiger partial charge in [-0.3, -0.25) is 9.48 Å². The highest BCUT2D eigenvalue weighted by Crippen LogP contribution is 2.34. The highest BCUT2D eigenvalue weighted by molar-refractivity contribution is 5.92. The van der Waals surface area contributed by atoms with Gasteiger partial charge in [-0.05, 0) is 25.7 Å². The van der Waals surface area contributed by atoms with E-state index in [0.717, 1.165) is 12.8 Å². The zero-order chi connectivity index (χ0) is 15.5. The minimum absolute atomic E-state index is 0.00835. The second-order valence-corrected chi connectivity index (χ2v) is 6.52. The van der Waals surface area contributed by atoms with Gasteiger partial charge in [0, 0.05) is 36.7 Å². The van der Waals surface area contributed by atoms with Crippen molar-refractivity contribution in [1.29, 1.82) is 5.26 Å². The summed E-state index contributed by atoms with van der Waals surface area (Å²) in [6.45, 7) is 0. The van der Waals surface area contributed by atoms with Gasteiger partial charge in [0.25, 0.3) is 0 Å². The maximum atomic E-state index is 12.2. The van der Waals surface area contributed by atoms with Crippen molar-refractivity contribution in [3.8, 4) is 6.19 Å². The number of carbonyl (C=O) groups excluding carboxylic acids is 1. The molecule has 0 radical (unpaired) electrons. The molecule has 1 amide bonds. The fraction of sp³-hybridized carbons (Fsp3) is 0.688. The van der Waals surface area contributed by atoms with E-state index in [0.29, 0.717) is 11.7 Å². The predicted octanol–water partition coefficient (Wildman–Crippen LogP) is 2.26. The van der Waals surface area contributed by atoms with Crippen molar-refractivity contribution in [3.05, 3.63) is 11.8 Å². The number of aryl methyl sites for hydroxylation is 1. The molecule has 2 aliphatic rings. The monoisotopic (exact) mass is 301 g/mol. The summed E-state index contributed by atoms with van der Waals surface area (Å²) >= 11 is 0. The van der Waals surface area contributed by atoms with E-state index in [-0.39, 0.29) is 17.9 Å². The summed E-state index contributed by atoms with van der Waals surface area (Å²) in [7, 11) is 1.95. The Bertz CT molecular complexity index is 576. The first-order valence-electron chi connectivity index (χ1n) is 8.17. The molecular weight excluding hydrogens is 278 g/mol. The summed E-state index contributed by atoms with van der Waals surface area (Å²) in [5, 5.41) is 18.6. The Kier molecular flexibility index (Phi) is 4.32. The van der Waals surface area contributed by atoms with Gasteiger partial charge in [0.2, 0.25) is 5.91 Å². The Morgan fingerprint density at radius 2 is 2.09 bits per heavy atom. The molecule has 22 heavy (non-hydrogen) atoms. The largest absolute Gasteiger partial charge is 0.321 e. The molecule has 0 bridgehead atoms. The molecule has 6 heteroatoms. The molecule has 2 N–H and O–H groups in total. The Balaban J connectivity index is 1.57. The molecule has 0 aromatic carbocycles. The van der Waals surface area contributed by atoms with Crippen LogP contribution in [0.15, 0.2) is 6.07 Å². The summed E-state index contributed by atoms with van der Waals surface area (Å²) in [4.78, 5) is 12.2. The zero-order valence-corrected chi connectivity index (χ0v) is 13.0. The number of anilines is 1. The van der Waals surface area contributed by atoms with E-state index in [1.165, 1.54) is 37.8 Å². The number of hydrogen-bond acceptors (Lipinski definition) is 4. The van der Waals surface area contributed by atoms with Gasteiger partial charge in [0.15, 0.2) is 12.0 Å². The lowest BCUT2D eigenvalue weighted by molar-refractivity contribution is -0.122. The van der Waals surface area contributed by atoms with Gasteiger partial charge in [-0.1, -0.05) is 19.3 Å². The smallest absolute Gasteiger partial charge is 0.228 e. The van der Waals surface area contributed by atoms with Crippen molar-refractivity contribution >= 4 is 11.7 Å². The normalized spacial score (nSPS) is 25.1. The first kappa shape index (κ1) is 14.9. The first-order chi connectivity index (χ1) is 10.7. The van der Waals surface area contributed by atoms with E-state index in [9.17, 15) is 4.79 Å². The van der Waals surface area contributed by atoms with Crippen molar-refractivity contribution in [2.24, 2.45) is 13.0 Å². The summed E-state index contributed by atoms with van der Waals surface area (Å²) in [5.41, 5.74) is 1.23. The number of nitrogens with zero attached hydrogens (tertiary/aromatic N) is 3. The quantitative estimate of drug-likeness (QED) is 0.660. The summed E-state index contributed by atoms with van der Waals surface area (Å²) in [6.07, 6.45) is 9.72. The molecule has 3 rings (SSSR count). The molecule has 0 saturated heterocycles. The van der Waals surface area contributed by atoms with E-state index < -0.39 is 0 Å². The number of nitrogens with one attached hydrogen (secondary N) is 2. The topological polar surface area (TPSA) is 82.7 Å². The van der Waals surface area contributed by atoms with Gasteiger partial charge in [-0.25, -0.2) is 0 Å². The number of aromatic nitrogens is 2. The molecule has 0 aliphatic heterocycles. The van der Waals surface area contributed by atoms with Crippen LogP contribution in [0.25, 0.3) is 0 Å². The van der Waals surface area contributed by atoms with E-state index in [2.05, 4.69) is 15.7 Å². The van der Waals surface area contributed by atoms with Crippen molar-refractivity contribution in [2.75, 3.05) is 5.32 Å². The number of carbonyl (C=O) groups is 1. The molecule has 2 aliphatic carbocycles. The summed E-state index contributed by atoms with van der Waals surface area (Å²) in [6, 6.07) is 2.18. The molecule has 6 nitrogen and oxygen atoms in total. The lowest BCUT2D eigenvalue weighted by Crippen LogP contribution is -2.44. The van der Waals surface area contributed by atoms with Crippen molar-refractivity contribution in [2.45, 2.75) is 56.9 Å². The van der Waals surface area contributed by atoms with Crippen LogP contribution in [0.3, 0.4) is 0 Å². The van der Waals surface area contributed by atoms with Crippen molar-refractivity contribution in [3.63, 3.8) is 0 Å². The van der Waals surface area contributed by atoms with Crippen LogP contribution in [0.1, 0.15) is 56.6 Å². The fourth-order valence-electron chi connectivity index (χ4n) is 3.59. The van der Waals surface area contributed by atoms with Crippen LogP contribution in [-0.4, -0.2) is 21.7 Å². The summed E-state index contributed by atoms with van der Waals surface area (Å²) in [5.74, 6) is 1.24. The van der Waals surface area contributed by atoms with Crippen LogP contribution in [0.2, 0.25) is 0 Å². The molecule has 0 atom stereocenters. The van der Waals surface area contributed by atoms with E-state index in [1.54, 1.807) is 0 Å². The Hall–Kier alpha value is -2.03. The molecule has 1 aromatic heterocycles. The van der Waals surface area contributed by atoms with Gasteiger partial charge in [-0.15, -0.1) is 0 Å². The van der Waals surface area contributed by atoms with Gasteiger partial charge in [0.05, 0.1) is 0 Å². The predicted molar refractivity (Wildman–Crippen MR) is 82.9 cm³/mol. The van der Waals surface area contributed by atoms with Gasteiger partial charge in [-0.2, -0.15) is 10.4 Å². The molecular formula is C16H23N5O. The highest BCUT2D eigenvalue weighted by Gasteiger charge is 2.34.